The van der Waals surface area contributed by atoms with Gasteiger partial charge >= 0.3 is 6.18 Å². The number of aryl methyl sites for hydroxylation is 2. The Morgan fingerprint density at radius 2 is 1.91 bits per heavy atom. The Morgan fingerprint density at radius 3 is 2.45 bits per heavy atom. The number of hydrogen-bond donors (Lipinski definition) is 2. The first-order valence-electron chi connectivity index (χ1n) is 6.70. The van der Waals surface area contributed by atoms with Crippen LogP contribution < -0.4 is 5.32 Å². The van der Waals surface area contributed by atoms with E-state index in [0.717, 1.165) is 11.8 Å². The number of para-hydroxylation sites is 1. The van der Waals surface area contributed by atoms with Crippen LogP contribution in [0.2, 0.25) is 0 Å². The molecule has 2 N–H and O–H groups in total. The zero-order valence-corrected chi connectivity index (χ0v) is 12.4. The number of aromatic nitrogens is 2. The maximum atomic E-state index is 12.9. The summed E-state index contributed by atoms with van der Waals surface area (Å²) in [6.07, 6.45) is -4.52. The third-order valence-electron chi connectivity index (χ3n) is 3.50. The molecule has 118 valence electrons. The van der Waals surface area contributed by atoms with Gasteiger partial charge < -0.3 is 5.32 Å². The maximum absolute atomic E-state index is 12.9. The minimum Gasteiger partial charge on any atom is -0.325 e. The van der Waals surface area contributed by atoms with Crippen molar-refractivity contribution in [3.8, 4) is 0 Å². The van der Waals surface area contributed by atoms with E-state index in [1.54, 1.807) is 20.8 Å². The molecule has 1 aromatic carbocycles. The number of nitrogens with one attached hydrogen (secondary N) is 2. The second-order valence-electron chi connectivity index (χ2n) is 5.10. The van der Waals surface area contributed by atoms with E-state index in [4.69, 9.17) is 0 Å². The molecule has 2 aromatic rings. The number of rotatable bonds is 3. The van der Waals surface area contributed by atoms with Gasteiger partial charge in [0.1, 0.15) is 0 Å². The molecule has 0 aliphatic carbocycles. The van der Waals surface area contributed by atoms with Crippen LogP contribution in [0, 0.1) is 13.8 Å². The van der Waals surface area contributed by atoms with E-state index in [-0.39, 0.29) is 5.69 Å². The molecule has 0 aliphatic heterocycles. The minimum absolute atomic E-state index is 0.245. The highest BCUT2D eigenvalue weighted by Gasteiger charge is 2.34. The van der Waals surface area contributed by atoms with Crippen molar-refractivity contribution in [2.75, 3.05) is 5.32 Å². The lowest BCUT2D eigenvalue weighted by Gasteiger charge is -2.16. The highest BCUT2D eigenvalue weighted by Crippen LogP contribution is 2.35. The van der Waals surface area contributed by atoms with E-state index in [1.165, 1.54) is 18.2 Å². The second-order valence-corrected chi connectivity index (χ2v) is 5.10. The molecule has 0 saturated heterocycles. The molecule has 1 atom stereocenters. The fraction of sp³-hybridized carbons (Fsp3) is 0.333. The molecule has 7 heteroatoms. The standard InChI is InChI=1S/C15H16F3N3O/c1-8(13-9(2)20-21-10(13)3)14(22)19-12-7-5-4-6-11(12)15(16,17)18/h4-8H,1-3H3,(H,19,22)(H,20,21). The van der Waals surface area contributed by atoms with Gasteiger partial charge in [0.05, 0.1) is 22.9 Å². The Hall–Kier alpha value is -2.31. The average Bonchev–Trinajstić information content (AvgIpc) is 2.76. The Labute approximate surface area is 125 Å². The van der Waals surface area contributed by atoms with Crippen molar-refractivity contribution in [1.82, 2.24) is 10.2 Å². The van der Waals surface area contributed by atoms with Crippen molar-refractivity contribution in [1.29, 1.82) is 0 Å². The molecule has 4 nitrogen and oxygen atoms in total. The van der Waals surface area contributed by atoms with Crippen molar-refractivity contribution < 1.29 is 18.0 Å². The van der Waals surface area contributed by atoms with Crippen LogP contribution in [0.15, 0.2) is 24.3 Å². The number of nitrogens with zero attached hydrogens (tertiary/aromatic N) is 1. The number of amides is 1. The van der Waals surface area contributed by atoms with Crippen molar-refractivity contribution >= 4 is 11.6 Å². The number of H-pyrrole nitrogens is 1. The third-order valence-corrected chi connectivity index (χ3v) is 3.50. The van der Waals surface area contributed by atoms with Crippen molar-refractivity contribution in [3.63, 3.8) is 0 Å². The van der Waals surface area contributed by atoms with Gasteiger partial charge in [-0.3, -0.25) is 9.89 Å². The Bertz CT molecular complexity index is 672. The molecule has 2 rings (SSSR count). The molecular weight excluding hydrogens is 295 g/mol. The molecule has 22 heavy (non-hydrogen) atoms. The monoisotopic (exact) mass is 311 g/mol. The fourth-order valence-electron chi connectivity index (χ4n) is 2.41. The molecule has 1 unspecified atom stereocenters. The lowest BCUT2D eigenvalue weighted by atomic mass is 9.98. The second kappa shape index (κ2) is 5.82. The average molecular weight is 311 g/mol. The highest BCUT2D eigenvalue weighted by atomic mass is 19.4. The number of halogens is 3. The zero-order chi connectivity index (χ0) is 16.5. The van der Waals surface area contributed by atoms with Crippen molar-refractivity contribution in [2.24, 2.45) is 0 Å². The van der Waals surface area contributed by atoms with Gasteiger partial charge in [0, 0.05) is 11.3 Å². The van der Waals surface area contributed by atoms with Gasteiger partial charge in [0.15, 0.2) is 0 Å². The summed E-state index contributed by atoms with van der Waals surface area (Å²) in [5.74, 6) is -1.12. The molecule has 0 aliphatic rings. The lowest BCUT2D eigenvalue weighted by Crippen LogP contribution is -2.22. The predicted octanol–water partition coefficient (Wildman–Crippen LogP) is 3.79. The minimum atomic E-state index is -4.52. The number of alkyl halides is 3. The van der Waals surface area contributed by atoms with Crippen LogP contribution in [0.5, 0.6) is 0 Å². The van der Waals surface area contributed by atoms with E-state index in [2.05, 4.69) is 15.5 Å². The lowest BCUT2D eigenvalue weighted by molar-refractivity contribution is -0.137. The van der Waals surface area contributed by atoms with E-state index >= 15 is 0 Å². The van der Waals surface area contributed by atoms with E-state index < -0.39 is 23.6 Å². The van der Waals surface area contributed by atoms with Crippen LogP contribution in [-0.2, 0) is 11.0 Å². The number of anilines is 1. The largest absolute Gasteiger partial charge is 0.418 e. The summed E-state index contributed by atoms with van der Waals surface area (Å²) in [4.78, 5) is 12.3. The number of carbonyl (C=O) groups is 1. The van der Waals surface area contributed by atoms with Gasteiger partial charge in [-0.2, -0.15) is 18.3 Å². The molecule has 0 bridgehead atoms. The fourth-order valence-corrected chi connectivity index (χ4v) is 2.41. The first-order chi connectivity index (χ1) is 10.2. The Balaban J connectivity index is 2.27. The summed E-state index contributed by atoms with van der Waals surface area (Å²) in [6.45, 7) is 5.14. The molecule has 1 amide bonds. The summed E-state index contributed by atoms with van der Waals surface area (Å²) >= 11 is 0. The summed E-state index contributed by atoms with van der Waals surface area (Å²) in [6, 6.07) is 4.91. The van der Waals surface area contributed by atoms with Gasteiger partial charge in [-0.25, -0.2) is 0 Å². The number of benzene rings is 1. The van der Waals surface area contributed by atoms with Gasteiger partial charge in [0.2, 0.25) is 5.91 Å². The first-order valence-corrected chi connectivity index (χ1v) is 6.70. The third kappa shape index (κ3) is 3.13. The van der Waals surface area contributed by atoms with Crippen LogP contribution >= 0.6 is 0 Å². The molecule has 1 aromatic heterocycles. The normalized spacial score (nSPS) is 13.0. The van der Waals surface area contributed by atoms with Crippen LogP contribution in [-0.4, -0.2) is 16.1 Å². The van der Waals surface area contributed by atoms with Gasteiger partial charge in [-0.1, -0.05) is 12.1 Å². The highest BCUT2D eigenvalue weighted by molar-refractivity contribution is 5.96. The zero-order valence-electron chi connectivity index (χ0n) is 12.4. The Kier molecular flexibility index (Phi) is 4.25. The summed E-state index contributed by atoms with van der Waals surface area (Å²) in [5, 5.41) is 9.12. The summed E-state index contributed by atoms with van der Waals surface area (Å²) in [7, 11) is 0. The van der Waals surface area contributed by atoms with Crippen molar-refractivity contribution in [2.45, 2.75) is 32.9 Å². The van der Waals surface area contributed by atoms with Gasteiger partial charge in [0.25, 0.3) is 0 Å². The number of aromatic amines is 1. The number of hydrogen-bond acceptors (Lipinski definition) is 2. The van der Waals surface area contributed by atoms with Crippen LogP contribution in [0.4, 0.5) is 18.9 Å². The predicted molar refractivity (Wildman–Crippen MR) is 76.6 cm³/mol. The van der Waals surface area contributed by atoms with Crippen LogP contribution in [0.25, 0.3) is 0 Å². The van der Waals surface area contributed by atoms with Gasteiger partial charge in [-0.05, 0) is 32.9 Å². The molecule has 1 heterocycles. The van der Waals surface area contributed by atoms with Crippen LogP contribution in [0.1, 0.15) is 35.4 Å². The Morgan fingerprint density at radius 1 is 1.27 bits per heavy atom. The molecule has 0 saturated carbocycles. The first kappa shape index (κ1) is 16.1. The maximum Gasteiger partial charge on any atom is 0.418 e. The summed E-state index contributed by atoms with van der Waals surface area (Å²) in [5.41, 5.74) is 0.970. The molecule has 0 radical (unpaired) electrons. The van der Waals surface area contributed by atoms with E-state index in [9.17, 15) is 18.0 Å². The molecular formula is C15H16F3N3O. The van der Waals surface area contributed by atoms with E-state index in [0.29, 0.717) is 11.3 Å². The molecule has 0 spiro atoms. The summed E-state index contributed by atoms with van der Waals surface area (Å²) < 4.78 is 38.8. The van der Waals surface area contributed by atoms with Crippen molar-refractivity contribution in [3.05, 3.63) is 46.8 Å². The van der Waals surface area contributed by atoms with Gasteiger partial charge in [-0.15, -0.1) is 0 Å². The topological polar surface area (TPSA) is 57.8 Å². The molecule has 0 fully saturated rings. The quantitative estimate of drug-likeness (QED) is 0.906. The number of carbonyl (C=O) groups excluding carboxylic acids is 1. The SMILES string of the molecule is Cc1n[nH]c(C)c1C(C)C(=O)Nc1ccccc1C(F)(F)F. The smallest absolute Gasteiger partial charge is 0.325 e. The van der Waals surface area contributed by atoms with E-state index in [1.807, 2.05) is 0 Å². The van der Waals surface area contributed by atoms with Crippen LogP contribution in [0.3, 0.4) is 0 Å².